The van der Waals surface area contributed by atoms with Gasteiger partial charge in [-0.15, -0.1) is 0 Å². The van der Waals surface area contributed by atoms with Crippen molar-refractivity contribution in [2.75, 3.05) is 20.8 Å². The molecule has 4 heteroatoms. The van der Waals surface area contributed by atoms with Gasteiger partial charge < -0.3 is 14.8 Å². The lowest BCUT2D eigenvalue weighted by Gasteiger charge is -2.26. The molecular formula is C14H22FNO2. The Hall–Kier alpha value is -0.970. The summed E-state index contributed by atoms with van der Waals surface area (Å²) < 4.78 is 23.4. The first-order valence-corrected chi connectivity index (χ1v) is 6.24. The normalized spacial score (nSPS) is 12.9. The number of methoxy groups -OCH3 is 2. The highest BCUT2D eigenvalue weighted by Gasteiger charge is 2.20. The van der Waals surface area contributed by atoms with Crippen molar-refractivity contribution in [1.82, 2.24) is 5.32 Å². The minimum atomic E-state index is -0.304. The zero-order chi connectivity index (χ0) is 13.4. The summed E-state index contributed by atoms with van der Waals surface area (Å²) in [4.78, 5) is 0. The zero-order valence-corrected chi connectivity index (χ0v) is 11.3. The number of ether oxygens (including phenoxy) is 2. The minimum Gasteiger partial charge on any atom is -0.354 e. The monoisotopic (exact) mass is 255 g/mol. The summed E-state index contributed by atoms with van der Waals surface area (Å²) in [7, 11) is 3.25. The van der Waals surface area contributed by atoms with Gasteiger partial charge in [-0.05, 0) is 37.1 Å². The third kappa shape index (κ3) is 4.72. The van der Waals surface area contributed by atoms with E-state index in [9.17, 15) is 4.39 Å². The molecule has 0 aliphatic heterocycles. The molecule has 1 atom stereocenters. The average molecular weight is 255 g/mol. The van der Waals surface area contributed by atoms with Crippen LogP contribution in [0.3, 0.4) is 0 Å². The van der Waals surface area contributed by atoms with E-state index in [1.54, 1.807) is 26.4 Å². The molecule has 1 aromatic carbocycles. The maximum atomic E-state index is 12.9. The molecule has 1 rings (SSSR count). The molecule has 0 spiro atoms. The van der Waals surface area contributed by atoms with Gasteiger partial charge in [0.1, 0.15) is 5.82 Å². The fourth-order valence-electron chi connectivity index (χ4n) is 1.89. The number of halogens is 1. The molecule has 0 aliphatic carbocycles. The van der Waals surface area contributed by atoms with Gasteiger partial charge in [-0.25, -0.2) is 4.39 Å². The van der Waals surface area contributed by atoms with E-state index in [2.05, 4.69) is 12.2 Å². The largest absolute Gasteiger partial charge is 0.354 e. The maximum Gasteiger partial charge on any atom is 0.172 e. The van der Waals surface area contributed by atoms with Gasteiger partial charge >= 0.3 is 0 Å². The van der Waals surface area contributed by atoms with Gasteiger partial charge in [0, 0.05) is 14.2 Å². The lowest BCUT2D eigenvalue weighted by Crippen LogP contribution is -2.44. The molecule has 1 unspecified atom stereocenters. The van der Waals surface area contributed by atoms with Crippen LogP contribution in [0.5, 0.6) is 0 Å². The van der Waals surface area contributed by atoms with E-state index in [1.165, 1.54) is 12.1 Å². The van der Waals surface area contributed by atoms with Crippen molar-refractivity contribution in [2.45, 2.75) is 32.1 Å². The van der Waals surface area contributed by atoms with Crippen LogP contribution in [0.15, 0.2) is 24.3 Å². The SMILES string of the molecule is CCCNC(Cc1ccc(F)cc1)C(OC)OC. The van der Waals surface area contributed by atoms with Crippen molar-refractivity contribution in [3.8, 4) is 0 Å². The van der Waals surface area contributed by atoms with E-state index >= 15 is 0 Å². The number of hydrogen-bond donors (Lipinski definition) is 1. The summed E-state index contributed by atoms with van der Waals surface area (Å²) in [5, 5.41) is 3.39. The van der Waals surface area contributed by atoms with Crippen molar-refractivity contribution in [3.63, 3.8) is 0 Å². The highest BCUT2D eigenvalue weighted by Crippen LogP contribution is 2.10. The van der Waals surface area contributed by atoms with Crippen molar-refractivity contribution < 1.29 is 13.9 Å². The van der Waals surface area contributed by atoms with Crippen LogP contribution in [0.1, 0.15) is 18.9 Å². The third-order valence-electron chi connectivity index (χ3n) is 2.82. The molecule has 0 saturated carbocycles. The van der Waals surface area contributed by atoms with Crippen molar-refractivity contribution in [3.05, 3.63) is 35.6 Å². The Labute approximate surface area is 108 Å². The highest BCUT2D eigenvalue weighted by atomic mass is 19.1. The molecule has 1 N–H and O–H groups in total. The molecule has 3 nitrogen and oxygen atoms in total. The molecule has 0 amide bonds. The van der Waals surface area contributed by atoms with E-state index in [0.717, 1.165) is 24.9 Å². The van der Waals surface area contributed by atoms with Gasteiger partial charge in [0.2, 0.25) is 0 Å². The van der Waals surface area contributed by atoms with E-state index in [1.807, 2.05) is 0 Å². The van der Waals surface area contributed by atoms with Gasteiger partial charge in [-0.1, -0.05) is 19.1 Å². The fourth-order valence-corrected chi connectivity index (χ4v) is 1.89. The second-order valence-electron chi connectivity index (χ2n) is 4.23. The Bertz CT molecular complexity index is 325. The predicted octanol–water partition coefficient (Wildman–Crippen LogP) is 2.36. The molecule has 0 saturated heterocycles. The van der Waals surface area contributed by atoms with Crippen molar-refractivity contribution in [1.29, 1.82) is 0 Å². The molecule has 0 bridgehead atoms. The molecule has 0 heterocycles. The van der Waals surface area contributed by atoms with E-state index in [0.29, 0.717) is 0 Å². The summed E-state index contributed by atoms with van der Waals surface area (Å²) >= 11 is 0. The molecule has 0 aromatic heterocycles. The summed E-state index contributed by atoms with van der Waals surface area (Å²) in [6, 6.07) is 6.59. The van der Waals surface area contributed by atoms with E-state index in [-0.39, 0.29) is 18.1 Å². The molecule has 0 fully saturated rings. The van der Waals surface area contributed by atoms with E-state index in [4.69, 9.17) is 9.47 Å². The van der Waals surface area contributed by atoms with Crippen LogP contribution < -0.4 is 5.32 Å². The molecule has 18 heavy (non-hydrogen) atoms. The lowest BCUT2D eigenvalue weighted by molar-refractivity contribution is -0.122. The van der Waals surface area contributed by atoms with Crippen LogP contribution in [0.25, 0.3) is 0 Å². The van der Waals surface area contributed by atoms with Crippen LogP contribution in [0, 0.1) is 5.82 Å². The summed E-state index contributed by atoms with van der Waals surface area (Å²) in [5.41, 5.74) is 1.06. The maximum absolute atomic E-state index is 12.9. The number of benzene rings is 1. The van der Waals surface area contributed by atoms with Crippen molar-refractivity contribution >= 4 is 0 Å². The lowest BCUT2D eigenvalue weighted by atomic mass is 10.1. The number of rotatable bonds is 8. The molecular weight excluding hydrogens is 233 g/mol. The summed E-state index contributed by atoms with van der Waals surface area (Å²) in [6.45, 7) is 3.01. The van der Waals surface area contributed by atoms with Crippen molar-refractivity contribution in [2.24, 2.45) is 0 Å². The van der Waals surface area contributed by atoms with Gasteiger partial charge in [0.25, 0.3) is 0 Å². The first-order valence-electron chi connectivity index (χ1n) is 6.24. The smallest absolute Gasteiger partial charge is 0.172 e. The summed E-state index contributed by atoms with van der Waals surface area (Å²) in [5.74, 6) is -0.216. The average Bonchev–Trinajstić information content (AvgIpc) is 2.39. The predicted molar refractivity (Wildman–Crippen MR) is 70.0 cm³/mol. The first kappa shape index (κ1) is 15.1. The van der Waals surface area contributed by atoms with Gasteiger partial charge in [-0.2, -0.15) is 0 Å². The van der Waals surface area contributed by atoms with Crippen LogP contribution in [-0.2, 0) is 15.9 Å². The van der Waals surface area contributed by atoms with Crippen LogP contribution >= 0.6 is 0 Å². The van der Waals surface area contributed by atoms with Gasteiger partial charge in [0.15, 0.2) is 6.29 Å². The van der Waals surface area contributed by atoms with E-state index < -0.39 is 0 Å². The topological polar surface area (TPSA) is 30.5 Å². The molecule has 0 aliphatic rings. The molecule has 102 valence electrons. The Morgan fingerprint density at radius 2 is 1.78 bits per heavy atom. The highest BCUT2D eigenvalue weighted by molar-refractivity contribution is 5.17. The Balaban J connectivity index is 2.67. The Morgan fingerprint density at radius 3 is 2.28 bits per heavy atom. The summed E-state index contributed by atoms with van der Waals surface area (Å²) in [6.07, 6.45) is 1.48. The first-order chi connectivity index (χ1) is 8.71. The second kappa shape index (κ2) is 8.19. The van der Waals surface area contributed by atoms with Crippen LogP contribution in [0.4, 0.5) is 4.39 Å². The quantitative estimate of drug-likeness (QED) is 0.723. The standard InChI is InChI=1S/C14H22FNO2/c1-4-9-16-13(14(17-2)18-3)10-11-5-7-12(15)8-6-11/h5-8,13-14,16H,4,9-10H2,1-3H3. The zero-order valence-electron chi connectivity index (χ0n) is 11.3. The Morgan fingerprint density at radius 1 is 1.17 bits per heavy atom. The third-order valence-corrected chi connectivity index (χ3v) is 2.82. The van der Waals surface area contributed by atoms with Gasteiger partial charge in [-0.3, -0.25) is 0 Å². The molecule has 1 aromatic rings. The minimum absolute atomic E-state index is 0.0606. The number of nitrogens with one attached hydrogen (secondary N) is 1. The number of hydrogen-bond acceptors (Lipinski definition) is 3. The Kier molecular flexibility index (Phi) is 6.86. The molecule has 0 radical (unpaired) electrons. The van der Waals surface area contributed by atoms with Gasteiger partial charge in [0.05, 0.1) is 6.04 Å². The fraction of sp³-hybridized carbons (Fsp3) is 0.571. The van der Waals surface area contributed by atoms with Crippen LogP contribution in [-0.4, -0.2) is 33.1 Å². The second-order valence-corrected chi connectivity index (χ2v) is 4.23. The van der Waals surface area contributed by atoms with Crippen LogP contribution in [0.2, 0.25) is 0 Å².